The number of nitrogens with two attached hydrogens (primary N) is 1. The Morgan fingerprint density at radius 2 is 1.48 bits per heavy atom. The minimum Gasteiger partial charge on any atom is -0.493 e. The minimum atomic E-state index is 0.151. The van der Waals surface area contributed by atoms with Gasteiger partial charge in [-0.25, -0.2) is 0 Å². The fraction of sp³-hybridized carbons (Fsp3) is 0.600. The quantitative estimate of drug-likeness (QED) is 0.461. The summed E-state index contributed by atoms with van der Waals surface area (Å²) >= 11 is 0. The SMILES string of the molecule is CCC(CC)c1ccc2c(c1)C(N)CCO2.CCCCC(C)c1ccc2c(c1)C(C)CCO2. The topological polar surface area (TPSA) is 44.5 Å². The maximum Gasteiger partial charge on any atom is 0.124 e. The highest BCUT2D eigenvalue weighted by Gasteiger charge is 2.20. The van der Waals surface area contributed by atoms with Crippen molar-refractivity contribution in [3.63, 3.8) is 0 Å². The van der Waals surface area contributed by atoms with Crippen LogP contribution in [0.2, 0.25) is 0 Å². The van der Waals surface area contributed by atoms with Crippen LogP contribution in [0.3, 0.4) is 0 Å². The third-order valence-electron chi connectivity index (χ3n) is 7.51. The van der Waals surface area contributed by atoms with Gasteiger partial charge in [0, 0.05) is 18.0 Å². The molecule has 3 unspecified atom stereocenters. The van der Waals surface area contributed by atoms with Gasteiger partial charge in [0.2, 0.25) is 0 Å². The Hall–Kier alpha value is -2.00. The first-order chi connectivity index (χ1) is 16.0. The zero-order valence-electron chi connectivity index (χ0n) is 21.5. The Balaban J connectivity index is 0.000000186. The first kappa shape index (κ1) is 25.6. The average molecular weight is 452 g/mol. The van der Waals surface area contributed by atoms with Crippen molar-refractivity contribution < 1.29 is 9.47 Å². The van der Waals surface area contributed by atoms with Crippen molar-refractivity contribution in [2.24, 2.45) is 5.73 Å². The van der Waals surface area contributed by atoms with Crippen molar-refractivity contribution in [1.29, 1.82) is 0 Å². The highest BCUT2D eigenvalue weighted by atomic mass is 16.5. The monoisotopic (exact) mass is 451 g/mol. The van der Waals surface area contributed by atoms with Gasteiger partial charge in [-0.2, -0.15) is 0 Å². The van der Waals surface area contributed by atoms with E-state index in [1.165, 1.54) is 54.4 Å². The molecule has 0 spiro atoms. The van der Waals surface area contributed by atoms with Gasteiger partial charge in [0.05, 0.1) is 13.2 Å². The molecule has 2 N–H and O–H groups in total. The number of hydrogen-bond donors (Lipinski definition) is 1. The number of fused-ring (bicyclic) bond motifs is 2. The molecule has 2 aromatic rings. The molecule has 0 saturated heterocycles. The molecule has 182 valence electrons. The van der Waals surface area contributed by atoms with E-state index in [1.54, 1.807) is 0 Å². The van der Waals surface area contributed by atoms with E-state index in [2.05, 4.69) is 71.0 Å². The normalized spacial score (nSPS) is 20.0. The maximum atomic E-state index is 6.12. The van der Waals surface area contributed by atoms with Gasteiger partial charge in [-0.1, -0.05) is 71.7 Å². The lowest BCUT2D eigenvalue weighted by atomic mass is 9.89. The van der Waals surface area contributed by atoms with E-state index in [-0.39, 0.29) is 6.04 Å². The van der Waals surface area contributed by atoms with Gasteiger partial charge in [0.1, 0.15) is 11.5 Å². The second-order valence-electron chi connectivity index (χ2n) is 9.93. The zero-order valence-corrected chi connectivity index (χ0v) is 21.5. The fourth-order valence-corrected chi connectivity index (χ4v) is 5.02. The van der Waals surface area contributed by atoms with E-state index < -0.39 is 0 Å². The summed E-state index contributed by atoms with van der Waals surface area (Å²) < 4.78 is 11.3. The van der Waals surface area contributed by atoms with Crippen LogP contribution in [-0.4, -0.2) is 13.2 Å². The predicted molar refractivity (Wildman–Crippen MR) is 140 cm³/mol. The number of hydrogen-bond acceptors (Lipinski definition) is 3. The van der Waals surface area contributed by atoms with Crippen LogP contribution in [-0.2, 0) is 0 Å². The lowest BCUT2D eigenvalue weighted by molar-refractivity contribution is 0.268. The smallest absolute Gasteiger partial charge is 0.124 e. The highest BCUT2D eigenvalue weighted by Crippen LogP contribution is 2.36. The summed E-state index contributed by atoms with van der Waals surface area (Å²) in [7, 11) is 0. The van der Waals surface area contributed by atoms with Crippen LogP contribution in [0.4, 0.5) is 0 Å². The van der Waals surface area contributed by atoms with Crippen molar-refractivity contribution in [3.05, 3.63) is 58.7 Å². The molecule has 33 heavy (non-hydrogen) atoms. The summed E-state index contributed by atoms with van der Waals surface area (Å²) in [6.07, 6.45) is 8.36. The van der Waals surface area contributed by atoms with E-state index in [1.807, 2.05) is 0 Å². The lowest BCUT2D eigenvalue weighted by Crippen LogP contribution is -2.20. The van der Waals surface area contributed by atoms with Crippen LogP contribution in [0.1, 0.15) is 126 Å². The molecule has 2 aliphatic rings. The first-order valence-corrected chi connectivity index (χ1v) is 13.3. The molecule has 3 heteroatoms. The third kappa shape index (κ3) is 6.53. The molecular formula is C30H45NO2. The summed E-state index contributed by atoms with van der Waals surface area (Å²) in [5.41, 5.74) is 11.6. The molecule has 0 saturated carbocycles. The van der Waals surface area contributed by atoms with Crippen LogP contribution >= 0.6 is 0 Å². The van der Waals surface area contributed by atoms with Crippen molar-refractivity contribution in [2.75, 3.05) is 13.2 Å². The molecule has 2 heterocycles. The minimum absolute atomic E-state index is 0.151. The van der Waals surface area contributed by atoms with E-state index in [4.69, 9.17) is 15.2 Å². The lowest BCUT2D eigenvalue weighted by Gasteiger charge is -2.25. The van der Waals surface area contributed by atoms with E-state index in [0.29, 0.717) is 17.8 Å². The predicted octanol–water partition coefficient (Wildman–Crippen LogP) is 8.24. The molecule has 0 radical (unpaired) electrons. The van der Waals surface area contributed by atoms with Crippen LogP contribution in [0, 0.1) is 0 Å². The van der Waals surface area contributed by atoms with Gasteiger partial charge in [-0.3, -0.25) is 0 Å². The van der Waals surface area contributed by atoms with Crippen molar-refractivity contribution >= 4 is 0 Å². The number of benzene rings is 2. The van der Waals surface area contributed by atoms with Gasteiger partial charge >= 0.3 is 0 Å². The Labute approximate surface area is 202 Å². The fourth-order valence-electron chi connectivity index (χ4n) is 5.02. The van der Waals surface area contributed by atoms with Crippen LogP contribution in [0.25, 0.3) is 0 Å². The molecule has 0 fully saturated rings. The second kappa shape index (κ2) is 12.5. The van der Waals surface area contributed by atoms with Crippen molar-refractivity contribution in [2.45, 2.75) is 103 Å². The first-order valence-electron chi connectivity index (χ1n) is 13.3. The van der Waals surface area contributed by atoms with Crippen molar-refractivity contribution in [1.82, 2.24) is 0 Å². The molecule has 2 aromatic carbocycles. The summed E-state index contributed by atoms with van der Waals surface area (Å²) in [5, 5.41) is 0. The van der Waals surface area contributed by atoms with E-state index in [0.717, 1.165) is 37.6 Å². The number of ether oxygens (including phenoxy) is 2. The third-order valence-corrected chi connectivity index (χ3v) is 7.51. The Morgan fingerprint density at radius 1 is 0.879 bits per heavy atom. The van der Waals surface area contributed by atoms with Gasteiger partial charge in [-0.05, 0) is 72.3 Å². The summed E-state index contributed by atoms with van der Waals surface area (Å²) in [6, 6.07) is 13.5. The largest absolute Gasteiger partial charge is 0.493 e. The molecule has 3 atom stereocenters. The molecule has 0 aromatic heterocycles. The summed E-state index contributed by atoms with van der Waals surface area (Å²) in [5.74, 6) is 4.06. The number of rotatable bonds is 7. The number of unbranched alkanes of at least 4 members (excludes halogenated alkanes) is 1. The highest BCUT2D eigenvalue weighted by molar-refractivity contribution is 5.42. The van der Waals surface area contributed by atoms with Gasteiger partial charge < -0.3 is 15.2 Å². The Morgan fingerprint density at radius 3 is 2.15 bits per heavy atom. The molecular weight excluding hydrogens is 406 g/mol. The Kier molecular flexibility index (Phi) is 9.67. The molecule has 2 aliphatic heterocycles. The zero-order chi connectivity index (χ0) is 23.8. The summed E-state index contributed by atoms with van der Waals surface area (Å²) in [4.78, 5) is 0. The molecule has 0 aliphatic carbocycles. The van der Waals surface area contributed by atoms with Gasteiger partial charge in [-0.15, -0.1) is 0 Å². The van der Waals surface area contributed by atoms with Gasteiger partial charge in [0.15, 0.2) is 0 Å². The van der Waals surface area contributed by atoms with Crippen LogP contribution in [0.5, 0.6) is 11.5 Å². The van der Waals surface area contributed by atoms with Crippen LogP contribution in [0.15, 0.2) is 36.4 Å². The molecule has 3 nitrogen and oxygen atoms in total. The average Bonchev–Trinajstić information content (AvgIpc) is 2.84. The maximum absolute atomic E-state index is 6.12. The second-order valence-corrected chi connectivity index (χ2v) is 9.93. The van der Waals surface area contributed by atoms with Gasteiger partial charge in [0.25, 0.3) is 0 Å². The van der Waals surface area contributed by atoms with E-state index >= 15 is 0 Å². The molecule has 4 rings (SSSR count). The summed E-state index contributed by atoms with van der Waals surface area (Å²) in [6.45, 7) is 13.0. The Bertz CT molecular complexity index is 874. The van der Waals surface area contributed by atoms with Crippen molar-refractivity contribution in [3.8, 4) is 11.5 Å². The standard InChI is InChI=1S/C16H24O.C14H21NO/c1-4-5-6-12(2)14-7-8-16-15(11-14)13(3)9-10-17-16;1-3-10(4-2)11-5-6-14-12(9-11)13(15)7-8-16-14/h7-8,11-13H,4-6,9-10H2,1-3H3;5-6,9-10,13H,3-4,7-8,15H2,1-2H3. The molecule has 0 amide bonds. The van der Waals surface area contributed by atoms with E-state index in [9.17, 15) is 0 Å². The molecule has 0 bridgehead atoms. The van der Waals surface area contributed by atoms with Crippen LogP contribution < -0.4 is 15.2 Å².